The predicted molar refractivity (Wildman–Crippen MR) is 60.0 cm³/mol. The number of Topliss-reactive ketones (excluding diaryl/α,β-unsaturated/α-hetero) is 1. The number of nitrogens with zero attached hydrogens (tertiary/aromatic N) is 1. The van der Waals surface area contributed by atoms with Gasteiger partial charge in [-0.15, -0.1) is 0 Å². The fourth-order valence-electron chi connectivity index (χ4n) is 1.39. The molecule has 1 heterocycles. The van der Waals surface area contributed by atoms with Crippen LogP contribution in [0, 0.1) is 6.92 Å². The first kappa shape index (κ1) is 12.9. The number of rotatable bonds is 3. The first-order valence-electron chi connectivity index (χ1n) is 4.78. The highest BCUT2D eigenvalue weighted by atomic mass is 35.5. The van der Waals surface area contributed by atoms with E-state index in [-0.39, 0.29) is 18.2 Å². The molecule has 0 saturated carbocycles. The van der Waals surface area contributed by atoms with Crippen LogP contribution in [0.5, 0.6) is 0 Å². The maximum Gasteiger partial charge on any atom is 0.227 e. The van der Waals surface area contributed by atoms with Crippen molar-refractivity contribution in [1.29, 1.82) is 0 Å². The average molecular weight is 254 g/mol. The van der Waals surface area contributed by atoms with E-state index in [2.05, 4.69) is 0 Å². The molecule has 1 aromatic heterocycles. The first-order valence-corrected chi connectivity index (χ1v) is 5.72. The van der Waals surface area contributed by atoms with E-state index in [9.17, 15) is 4.79 Å². The summed E-state index contributed by atoms with van der Waals surface area (Å²) >= 11 is 1.61. The van der Waals surface area contributed by atoms with Gasteiger partial charge in [0.15, 0.2) is 5.69 Å². The summed E-state index contributed by atoms with van der Waals surface area (Å²) in [6.45, 7) is 2.44. The Morgan fingerprint density at radius 2 is 2.00 bits per heavy atom. The van der Waals surface area contributed by atoms with E-state index in [1.54, 1.807) is 11.3 Å². The monoisotopic (exact) mass is 253 g/mol. The van der Waals surface area contributed by atoms with E-state index in [1.807, 2.05) is 52.7 Å². The Morgan fingerprint density at radius 3 is 2.56 bits per heavy atom. The van der Waals surface area contributed by atoms with Crippen LogP contribution in [0.3, 0.4) is 0 Å². The number of hydrogen-bond donors (Lipinski definition) is 0. The molecular formula is C12H12ClNOS. The second kappa shape index (κ2) is 5.77. The van der Waals surface area contributed by atoms with Crippen LogP contribution in [-0.2, 0) is 6.54 Å². The molecule has 2 rings (SSSR count). The van der Waals surface area contributed by atoms with Crippen molar-refractivity contribution in [1.82, 2.24) is 0 Å². The van der Waals surface area contributed by atoms with Gasteiger partial charge in [0.2, 0.25) is 17.8 Å². The van der Waals surface area contributed by atoms with Crippen LogP contribution in [0.2, 0.25) is 0 Å². The van der Waals surface area contributed by atoms with Gasteiger partial charge in [-0.3, -0.25) is 4.79 Å². The Morgan fingerprint density at radius 1 is 1.31 bits per heavy atom. The molecule has 0 aliphatic carbocycles. The molecule has 0 aliphatic heterocycles. The fourth-order valence-corrected chi connectivity index (χ4v) is 2.17. The number of halogens is 1. The van der Waals surface area contributed by atoms with Gasteiger partial charge in [0.25, 0.3) is 0 Å². The minimum Gasteiger partial charge on any atom is -1.00 e. The molecular weight excluding hydrogens is 242 g/mol. The molecule has 0 fully saturated rings. The van der Waals surface area contributed by atoms with E-state index >= 15 is 0 Å². The lowest BCUT2D eigenvalue weighted by molar-refractivity contribution is -0.684. The van der Waals surface area contributed by atoms with Crippen molar-refractivity contribution in [2.75, 3.05) is 0 Å². The number of carbonyl (C=O) groups excluding carboxylic acids is 1. The standard InChI is InChI=1S/C12H12NOS.ClH/c1-10-8-15-9-13(10)7-12(14)11-5-3-2-4-6-11;/h2-6,8-9H,7H2,1H3;1H/q+1;/p-1. The lowest BCUT2D eigenvalue weighted by Gasteiger charge is -1.96. The Kier molecular flexibility index (Phi) is 4.65. The van der Waals surface area contributed by atoms with Crippen LogP contribution in [-0.4, -0.2) is 5.78 Å². The van der Waals surface area contributed by atoms with E-state index in [1.165, 1.54) is 0 Å². The van der Waals surface area contributed by atoms with Gasteiger partial charge in [0.1, 0.15) is 0 Å². The van der Waals surface area contributed by atoms with Gasteiger partial charge in [-0.05, 0) is 0 Å². The topological polar surface area (TPSA) is 20.9 Å². The summed E-state index contributed by atoms with van der Waals surface area (Å²) in [5.74, 6) is 0.155. The second-order valence-electron chi connectivity index (χ2n) is 3.42. The molecule has 16 heavy (non-hydrogen) atoms. The van der Waals surface area contributed by atoms with Crippen LogP contribution in [0.4, 0.5) is 0 Å². The zero-order valence-electron chi connectivity index (χ0n) is 8.89. The molecule has 0 atom stereocenters. The summed E-state index contributed by atoms with van der Waals surface area (Å²) in [5.41, 5.74) is 3.87. The summed E-state index contributed by atoms with van der Waals surface area (Å²) in [6.07, 6.45) is 0. The van der Waals surface area contributed by atoms with Crippen molar-refractivity contribution in [2.24, 2.45) is 0 Å². The molecule has 0 unspecified atom stereocenters. The lowest BCUT2D eigenvalue weighted by atomic mass is 10.1. The van der Waals surface area contributed by atoms with Gasteiger partial charge in [-0.1, -0.05) is 41.7 Å². The minimum atomic E-state index is 0. The second-order valence-corrected chi connectivity index (χ2v) is 4.14. The van der Waals surface area contributed by atoms with Crippen molar-refractivity contribution < 1.29 is 21.8 Å². The van der Waals surface area contributed by atoms with Crippen molar-refractivity contribution in [3.05, 3.63) is 52.5 Å². The lowest BCUT2D eigenvalue weighted by Crippen LogP contribution is -3.00. The molecule has 0 aliphatic rings. The summed E-state index contributed by atoms with van der Waals surface area (Å²) in [7, 11) is 0. The largest absolute Gasteiger partial charge is 1.00 e. The first-order chi connectivity index (χ1) is 7.27. The van der Waals surface area contributed by atoms with Gasteiger partial charge in [0, 0.05) is 12.5 Å². The molecule has 0 spiro atoms. The third-order valence-corrected chi connectivity index (χ3v) is 3.14. The van der Waals surface area contributed by atoms with Crippen LogP contribution < -0.4 is 17.0 Å². The quantitative estimate of drug-likeness (QED) is 0.520. The number of aryl methyl sites for hydroxylation is 1. The predicted octanol–water partition coefficient (Wildman–Crippen LogP) is -0.769. The summed E-state index contributed by atoms with van der Waals surface area (Å²) in [6, 6.07) is 9.39. The van der Waals surface area contributed by atoms with E-state index < -0.39 is 0 Å². The molecule has 84 valence electrons. The number of ketones is 1. The minimum absolute atomic E-state index is 0. The fraction of sp³-hybridized carbons (Fsp3) is 0.167. The van der Waals surface area contributed by atoms with Crippen molar-refractivity contribution in [2.45, 2.75) is 13.5 Å². The summed E-state index contributed by atoms with van der Waals surface area (Å²) < 4.78 is 1.97. The SMILES string of the molecule is Cc1csc[n+]1CC(=O)c1ccccc1.[Cl-]. The van der Waals surface area contributed by atoms with Crippen LogP contribution in [0.15, 0.2) is 41.2 Å². The van der Waals surface area contributed by atoms with Gasteiger partial charge in [-0.25, -0.2) is 0 Å². The Balaban J connectivity index is 0.00000128. The van der Waals surface area contributed by atoms with Crippen molar-refractivity contribution in [3.63, 3.8) is 0 Å². The maximum atomic E-state index is 11.8. The highest BCUT2D eigenvalue weighted by Gasteiger charge is 2.14. The molecule has 4 heteroatoms. The molecule has 0 bridgehead atoms. The van der Waals surface area contributed by atoms with Crippen LogP contribution in [0.25, 0.3) is 0 Å². The summed E-state index contributed by atoms with van der Waals surface area (Å²) in [4.78, 5) is 11.8. The number of carbonyl (C=O) groups is 1. The molecule has 0 saturated heterocycles. The Labute approximate surface area is 105 Å². The number of hydrogen-bond acceptors (Lipinski definition) is 2. The van der Waals surface area contributed by atoms with Gasteiger partial charge < -0.3 is 12.4 Å². The summed E-state index contributed by atoms with van der Waals surface area (Å²) in [5, 5.41) is 2.04. The molecule has 2 aromatic rings. The third-order valence-electron chi connectivity index (χ3n) is 2.29. The van der Waals surface area contributed by atoms with Crippen molar-refractivity contribution in [3.8, 4) is 0 Å². The van der Waals surface area contributed by atoms with E-state index in [0.717, 1.165) is 11.3 Å². The van der Waals surface area contributed by atoms with Crippen LogP contribution >= 0.6 is 11.3 Å². The number of benzene rings is 1. The highest BCUT2D eigenvalue weighted by Crippen LogP contribution is 2.02. The van der Waals surface area contributed by atoms with Gasteiger partial charge >= 0.3 is 0 Å². The average Bonchev–Trinajstić information content (AvgIpc) is 2.66. The zero-order valence-corrected chi connectivity index (χ0v) is 10.5. The van der Waals surface area contributed by atoms with Crippen LogP contribution in [0.1, 0.15) is 16.1 Å². The molecule has 0 N–H and O–H groups in total. The normalized spacial score (nSPS) is 9.56. The Bertz CT molecular complexity index is 467. The number of aromatic nitrogens is 1. The Hall–Kier alpha value is -1.19. The smallest absolute Gasteiger partial charge is 0.227 e. The molecule has 1 aromatic carbocycles. The number of thiazole rings is 1. The maximum absolute atomic E-state index is 11.8. The molecule has 0 amide bonds. The van der Waals surface area contributed by atoms with E-state index in [0.29, 0.717) is 6.54 Å². The highest BCUT2D eigenvalue weighted by molar-refractivity contribution is 7.07. The third kappa shape index (κ3) is 2.90. The van der Waals surface area contributed by atoms with Gasteiger partial charge in [0.05, 0.1) is 5.38 Å². The molecule has 0 radical (unpaired) electrons. The van der Waals surface area contributed by atoms with Crippen molar-refractivity contribution >= 4 is 17.1 Å². The molecule has 2 nitrogen and oxygen atoms in total. The van der Waals surface area contributed by atoms with Gasteiger partial charge in [-0.2, -0.15) is 4.57 Å². The van der Waals surface area contributed by atoms with E-state index in [4.69, 9.17) is 0 Å². The zero-order chi connectivity index (χ0) is 10.7.